The van der Waals surface area contributed by atoms with Crippen LogP contribution in [0, 0.1) is 13.8 Å². The number of rotatable bonds is 5. The number of aromatic nitrogens is 1. The lowest BCUT2D eigenvalue weighted by molar-refractivity contribution is -0.118. The average molecular weight is 433 g/mol. The number of halogens is 1. The van der Waals surface area contributed by atoms with Crippen molar-refractivity contribution in [1.82, 2.24) is 4.98 Å². The van der Waals surface area contributed by atoms with E-state index in [4.69, 9.17) is 4.74 Å². The van der Waals surface area contributed by atoms with Crippen LogP contribution < -0.4 is 10.1 Å². The fourth-order valence-electron chi connectivity index (χ4n) is 2.82. The zero-order valence-corrected chi connectivity index (χ0v) is 17.6. The fraction of sp³-hybridized carbons (Fsp3) is 0.300. The maximum atomic E-state index is 12.3. The van der Waals surface area contributed by atoms with Crippen LogP contribution in [-0.2, 0) is 4.79 Å². The normalized spacial score (nSPS) is 11.2. The molecule has 0 aliphatic heterocycles. The number of hydrogen-bond acceptors (Lipinski definition) is 4. The Bertz CT molecular complexity index is 966. The van der Waals surface area contributed by atoms with Gasteiger partial charge in [0.1, 0.15) is 5.75 Å². The van der Waals surface area contributed by atoms with Gasteiger partial charge < -0.3 is 4.74 Å². The summed E-state index contributed by atoms with van der Waals surface area (Å²) in [5.41, 5.74) is 4.31. The SMILES string of the molecule is Cc1cc(C)c2nc(NC(=O)COc3ccc(Br)cc3C(C)C)sc2c1. The van der Waals surface area contributed by atoms with Crippen molar-refractivity contribution in [2.75, 3.05) is 11.9 Å². The summed E-state index contributed by atoms with van der Waals surface area (Å²) >= 11 is 4.96. The van der Waals surface area contributed by atoms with Crippen molar-refractivity contribution < 1.29 is 9.53 Å². The maximum absolute atomic E-state index is 12.3. The van der Waals surface area contributed by atoms with Crippen molar-refractivity contribution in [3.63, 3.8) is 0 Å². The molecule has 1 N–H and O–H groups in total. The Morgan fingerprint density at radius 2 is 2.04 bits per heavy atom. The van der Waals surface area contributed by atoms with Crippen LogP contribution in [0.25, 0.3) is 10.2 Å². The number of carbonyl (C=O) groups is 1. The summed E-state index contributed by atoms with van der Waals surface area (Å²) < 4.78 is 7.82. The second kappa shape index (κ2) is 7.76. The van der Waals surface area contributed by atoms with Crippen LogP contribution in [0.4, 0.5) is 5.13 Å². The van der Waals surface area contributed by atoms with Gasteiger partial charge in [-0.15, -0.1) is 0 Å². The third-order valence-corrected chi connectivity index (χ3v) is 5.44. The maximum Gasteiger partial charge on any atom is 0.264 e. The lowest BCUT2D eigenvalue weighted by atomic mass is 10.0. The van der Waals surface area contributed by atoms with E-state index >= 15 is 0 Å². The highest BCUT2D eigenvalue weighted by Gasteiger charge is 2.13. The Morgan fingerprint density at radius 3 is 2.77 bits per heavy atom. The second-order valence-electron chi connectivity index (χ2n) is 6.62. The third-order valence-electron chi connectivity index (χ3n) is 4.03. The highest BCUT2D eigenvalue weighted by Crippen LogP contribution is 2.31. The summed E-state index contributed by atoms with van der Waals surface area (Å²) in [7, 11) is 0. The van der Waals surface area contributed by atoms with Crippen LogP contribution in [0.5, 0.6) is 5.75 Å². The molecule has 0 atom stereocenters. The number of nitrogens with one attached hydrogen (secondary N) is 1. The Balaban J connectivity index is 1.69. The van der Waals surface area contributed by atoms with E-state index < -0.39 is 0 Å². The van der Waals surface area contributed by atoms with Crippen molar-refractivity contribution in [2.45, 2.75) is 33.6 Å². The summed E-state index contributed by atoms with van der Waals surface area (Å²) in [6.07, 6.45) is 0. The number of fused-ring (bicyclic) bond motifs is 1. The first kappa shape index (κ1) is 18.9. The van der Waals surface area contributed by atoms with Gasteiger partial charge in [0.15, 0.2) is 11.7 Å². The molecule has 0 saturated carbocycles. The first-order valence-electron chi connectivity index (χ1n) is 8.43. The van der Waals surface area contributed by atoms with E-state index in [0.29, 0.717) is 11.0 Å². The molecule has 26 heavy (non-hydrogen) atoms. The summed E-state index contributed by atoms with van der Waals surface area (Å²) in [6.45, 7) is 8.24. The average Bonchev–Trinajstić information content (AvgIpc) is 2.96. The van der Waals surface area contributed by atoms with Gasteiger partial charge in [-0.2, -0.15) is 0 Å². The van der Waals surface area contributed by atoms with Gasteiger partial charge in [-0.25, -0.2) is 4.98 Å². The van der Waals surface area contributed by atoms with Crippen molar-refractivity contribution in [1.29, 1.82) is 0 Å². The van der Waals surface area contributed by atoms with Crippen LogP contribution in [-0.4, -0.2) is 17.5 Å². The van der Waals surface area contributed by atoms with Gasteiger partial charge in [-0.1, -0.05) is 47.2 Å². The lowest BCUT2D eigenvalue weighted by Crippen LogP contribution is -2.20. The molecular weight excluding hydrogens is 412 g/mol. The van der Waals surface area contributed by atoms with E-state index in [0.717, 1.165) is 31.6 Å². The predicted molar refractivity (Wildman–Crippen MR) is 111 cm³/mol. The summed E-state index contributed by atoms with van der Waals surface area (Å²) in [5, 5.41) is 3.44. The van der Waals surface area contributed by atoms with Crippen molar-refractivity contribution in [2.24, 2.45) is 0 Å². The minimum absolute atomic E-state index is 0.0463. The monoisotopic (exact) mass is 432 g/mol. The van der Waals surface area contributed by atoms with Gasteiger partial charge in [-0.05, 0) is 60.7 Å². The van der Waals surface area contributed by atoms with Crippen LogP contribution in [0.2, 0.25) is 0 Å². The molecular formula is C20H21BrN2O2S. The molecule has 0 bridgehead atoms. The Morgan fingerprint density at radius 1 is 1.27 bits per heavy atom. The fourth-order valence-corrected chi connectivity index (χ4v) is 4.26. The topological polar surface area (TPSA) is 51.2 Å². The molecule has 1 aromatic heterocycles. The first-order valence-corrected chi connectivity index (χ1v) is 10.0. The molecule has 136 valence electrons. The van der Waals surface area contributed by atoms with Crippen molar-refractivity contribution in [3.05, 3.63) is 51.5 Å². The number of amides is 1. The number of benzene rings is 2. The largest absolute Gasteiger partial charge is 0.483 e. The molecule has 6 heteroatoms. The van der Waals surface area contributed by atoms with Gasteiger partial charge in [0.2, 0.25) is 0 Å². The molecule has 0 saturated heterocycles. The van der Waals surface area contributed by atoms with Gasteiger partial charge in [0.25, 0.3) is 5.91 Å². The standard InChI is InChI=1S/C20H21BrN2O2S/c1-11(2)15-9-14(21)5-6-16(15)25-10-18(24)22-20-23-19-13(4)7-12(3)8-17(19)26-20/h5-9,11H,10H2,1-4H3,(H,22,23,24). The molecule has 1 amide bonds. The second-order valence-corrected chi connectivity index (χ2v) is 8.57. The predicted octanol–water partition coefficient (Wildman–Crippen LogP) is 5.82. The van der Waals surface area contributed by atoms with E-state index in [9.17, 15) is 4.79 Å². The van der Waals surface area contributed by atoms with Gasteiger partial charge in [0.05, 0.1) is 10.2 Å². The third kappa shape index (κ3) is 4.24. The number of aryl methyl sites for hydroxylation is 2. The van der Waals surface area contributed by atoms with Gasteiger partial charge in [-0.3, -0.25) is 10.1 Å². The number of nitrogens with zero attached hydrogens (tertiary/aromatic N) is 1. The highest BCUT2D eigenvalue weighted by atomic mass is 79.9. The molecule has 0 aliphatic rings. The number of carbonyl (C=O) groups excluding carboxylic acids is 1. The minimum atomic E-state index is -0.212. The molecule has 0 radical (unpaired) electrons. The molecule has 2 aromatic carbocycles. The van der Waals surface area contributed by atoms with Crippen LogP contribution >= 0.6 is 27.3 Å². The van der Waals surface area contributed by atoms with E-state index in [1.54, 1.807) is 0 Å². The summed E-state index contributed by atoms with van der Waals surface area (Å²) in [5.74, 6) is 0.825. The van der Waals surface area contributed by atoms with E-state index in [2.05, 4.69) is 59.1 Å². The zero-order chi connectivity index (χ0) is 18.8. The van der Waals surface area contributed by atoms with Gasteiger partial charge >= 0.3 is 0 Å². The smallest absolute Gasteiger partial charge is 0.264 e. The summed E-state index contributed by atoms with van der Waals surface area (Å²) in [6, 6.07) is 10.0. The molecule has 0 spiro atoms. The molecule has 3 aromatic rings. The Labute approximate surface area is 165 Å². The quantitative estimate of drug-likeness (QED) is 0.552. The van der Waals surface area contributed by atoms with Crippen LogP contribution in [0.15, 0.2) is 34.8 Å². The summed E-state index contributed by atoms with van der Waals surface area (Å²) in [4.78, 5) is 16.8. The number of anilines is 1. The van der Waals surface area contributed by atoms with E-state index in [1.807, 2.05) is 25.1 Å². The molecule has 4 nitrogen and oxygen atoms in total. The highest BCUT2D eigenvalue weighted by molar-refractivity contribution is 9.10. The first-order chi connectivity index (χ1) is 12.3. The van der Waals surface area contributed by atoms with E-state index in [-0.39, 0.29) is 12.5 Å². The molecule has 3 rings (SSSR count). The number of thiazole rings is 1. The van der Waals surface area contributed by atoms with Crippen LogP contribution in [0.1, 0.15) is 36.5 Å². The van der Waals surface area contributed by atoms with Crippen LogP contribution in [0.3, 0.4) is 0 Å². The molecule has 1 heterocycles. The number of hydrogen-bond donors (Lipinski definition) is 1. The van der Waals surface area contributed by atoms with Gasteiger partial charge in [0, 0.05) is 4.47 Å². The molecule has 0 aliphatic carbocycles. The molecule has 0 unspecified atom stereocenters. The zero-order valence-electron chi connectivity index (χ0n) is 15.2. The number of ether oxygens (including phenoxy) is 1. The minimum Gasteiger partial charge on any atom is -0.483 e. The molecule has 0 fully saturated rings. The Kier molecular flexibility index (Phi) is 5.63. The Hall–Kier alpha value is -1.92. The van der Waals surface area contributed by atoms with E-state index in [1.165, 1.54) is 16.9 Å². The van der Waals surface area contributed by atoms with Crippen molar-refractivity contribution >= 4 is 48.5 Å². The van der Waals surface area contributed by atoms with Crippen molar-refractivity contribution in [3.8, 4) is 5.75 Å². The lowest BCUT2D eigenvalue weighted by Gasteiger charge is -2.14.